The Morgan fingerprint density at radius 3 is 2.38 bits per heavy atom. The summed E-state index contributed by atoms with van der Waals surface area (Å²) in [7, 11) is -3.78. The van der Waals surface area contributed by atoms with Crippen LogP contribution in [-0.2, 0) is 10.0 Å². The van der Waals surface area contributed by atoms with Crippen LogP contribution >= 0.6 is 11.6 Å². The summed E-state index contributed by atoms with van der Waals surface area (Å²) in [6.45, 7) is 1.73. The maximum absolute atomic E-state index is 11.0. The molecule has 0 heterocycles. The summed E-state index contributed by atoms with van der Waals surface area (Å²) in [4.78, 5) is -0.141. The first-order valence-electron chi connectivity index (χ1n) is 3.41. The molecule has 0 aliphatic carbocycles. The van der Waals surface area contributed by atoms with Crippen LogP contribution in [0.1, 0.15) is 5.56 Å². The fourth-order valence-electron chi connectivity index (χ4n) is 0.887. The molecule has 1 rings (SSSR count). The van der Waals surface area contributed by atoms with Crippen LogP contribution in [0, 0.1) is 6.92 Å². The van der Waals surface area contributed by atoms with Gasteiger partial charge in [0.2, 0.25) is 10.0 Å². The predicted octanol–water partition coefficient (Wildman–Crippen LogP) is 0.878. The van der Waals surface area contributed by atoms with Gasteiger partial charge in [-0.3, -0.25) is 0 Å². The van der Waals surface area contributed by atoms with E-state index in [0.29, 0.717) is 5.69 Å². The molecule has 0 fully saturated rings. The second-order valence-corrected chi connectivity index (χ2v) is 4.62. The largest absolute Gasteiger partial charge is 0.398 e. The summed E-state index contributed by atoms with van der Waals surface area (Å²) in [5, 5.41) is 5.00. The van der Waals surface area contributed by atoms with Crippen molar-refractivity contribution in [3.05, 3.63) is 22.7 Å². The number of hydrogen-bond acceptors (Lipinski definition) is 3. The summed E-state index contributed by atoms with van der Waals surface area (Å²) >= 11 is 5.67. The molecular weight excluding hydrogens is 212 g/mol. The number of sulfonamides is 1. The van der Waals surface area contributed by atoms with Gasteiger partial charge in [0, 0.05) is 5.69 Å². The fourth-order valence-corrected chi connectivity index (χ4v) is 2.05. The van der Waals surface area contributed by atoms with E-state index in [9.17, 15) is 8.42 Å². The molecule has 0 radical (unpaired) electrons. The SMILES string of the molecule is Cc1cc(Cl)c(S(N)(=O)=O)cc1N. The second-order valence-electron chi connectivity index (χ2n) is 2.68. The van der Waals surface area contributed by atoms with Crippen LogP contribution in [0.4, 0.5) is 5.69 Å². The van der Waals surface area contributed by atoms with Crippen LogP contribution in [0.3, 0.4) is 0 Å². The lowest BCUT2D eigenvalue weighted by Crippen LogP contribution is -2.13. The highest BCUT2D eigenvalue weighted by molar-refractivity contribution is 7.89. The molecule has 1 aromatic carbocycles. The summed E-state index contributed by atoms with van der Waals surface area (Å²) in [5.74, 6) is 0. The Bertz CT molecular complexity index is 442. The lowest BCUT2D eigenvalue weighted by molar-refractivity contribution is 0.598. The number of nitrogens with two attached hydrogens (primary N) is 2. The van der Waals surface area contributed by atoms with E-state index >= 15 is 0 Å². The van der Waals surface area contributed by atoms with E-state index in [1.807, 2.05) is 0 Å². The summed E-state index contributed by atoms with van der Waals surface area (Å²) in [6, 6.07) is 2.73. The van der Waals surface area contributed by atoms with Crippen molar-refractivity contribution in [1.29, 1.82) is 0 Å². The van der Waals surface area contributed by atoms with E-state index in [1.54, 1.807) is 6.92 Å². The highest BCUT2D eigenvalue weighted by Crippen LogP contribution is 2.25. The highest BCUT2D eigenvalue weighted by atomic mass is 35.5. The second kappa shape index (κ2) is 3.17. The first kappa shape index (κ1) is 10.3. The molecule has 0 saturated carbocycles. The molecule has 0 spiro atoms. The number of aryl methyl sites for hydroxylation is 1. The molecule has 0 aliphatic rings. The first-order valence-corrected chi connectivity index (χ1v) is 5.33. The van der Waals surface area contributed by atoms with Crippen molar-refractivity contribution in [3.63, 3.8) is 0 Å². The van der Waals surface area contributed by atoms with Gasteiger partial charge in [-0.1, -0.05) is 11.6 Å². The van der Waals surface area contributed by atoms with Gasteiger partial charge in [0.15, 0.2) is 0 Å². The zero-order chi connectivity index (χ0) is 10.2. The van der Waals surface area contributed by atoms with Gasteiger partial charge in [0.1, 0.15) is 4.90 Å². The van der Waals surface area contributed by atoms with Gasteiger partial charge in [0.05, 0.1) is 5.02 Å². The van der Waals surface area contributed by atoms with Crippen LogP contribution in [-0.4, -0.2) is 8.42 Å². The Labute approximate surface area is 81.5 Å². The fraction of sp³-hybridized carbons (Fsp3) is 0.143. The molecular formula is C7H9ClN2O2S. The molecule has 13 heavy (non-hydrogen) atoms. The predicted molar refractivity (Wildman–Crippen MR) is 52.0 cm³/mol. The van der Waals surface area contributed by atoms with Gasteiger partial charge in [-0.15, -0.1) is 0 Å². The quantitative estimate of drug-likeness (QED) is 0.689. The lowest BCUT2D eigenvalue weighted by atomic mass is 10.2. The van der Waals surface area contributed by atoms with Crippen molar-refractivity contribution in [2.45, 2.75) is 11.8 Å². The van der Waals surface area contributed by atoms with E-state index in [2.05, 4.69) is 0 Å². The third kappa shape index (κ3) is 2.12. The van der Waals surface area contributed by atoms with Crippen molar-refractivity contribution in [2.24, 2.45) is 5.14 Å². The van der Waals surface area contributed by atoms with Crippen molar-refractivity contribution < 1.29 is 8.42 Å². The van der Waals surface area contributed by atoms with Crippen LogP contribution < -0.4 is 10.9 Å². The summed E-state index contributed by atoms with van der Waals surface area (Å²) < 4.78 is 21.9. The zero-order valence-corrected chi connectivity index (χ0v) is 8.48. The van der Waals surface area contributed by atoms with Crippen molar-refractivity contribution in [3.8, 4) is 0 Å². The van der Waals surface area contributed by atoms with Crippen LogP contribution in [0.2, 0.25) is 5.02 Å². The zero-order valence-electron chi connectivity index (χ0n) is 6.91. The Hall–Kier alpha value is -0.780. The maximum Gasteiger partial charge on any atom is 0.239 e. The van der Waals surface area contributed by atoms with Gasteiger partial charge in [-0.25, -0.2) is 13.6 Å². The Kier molecular flexibility index (Phi) is 2.51. The van der Waals surface area contributed by atoms with Crippen LogP contribution in [0.5, 0.6) is 0 Å². The van der Waals surface area contributed by atoms with Crippen molar-refractivity contribution in [1.82, 2.24) is 0 Å². The van der Waals surface area contributed by atoms with Gasteiger partial charge in [-0.05, 0) is 24.6 Å². The Balaban J connectivity index is 3.50. The molecule has 0 unspecified atom stereocenters. The Morgan fingerprint density at radius 1 is 1.38 bits per heavy atom. The van der Waals surface area contributed by atoms with E-state index in [0.717, 1.165) is 5.56 Å². The third-order valence-electron chi connectivity index (χ3n) is 1.63. The monoisotopic (exact) mass is 220 g/mol. The number of hydrogen-bond donors (Lipinski definition) is 2. The normalized spacial score (nSPS) is 11.6. The minimum absolute atomic E-state index is 0.0919. The first-order chi connectivity index (χ1) is 5.82. The maximum atomic E-state index is 11.0. The smallest absolute Gasteiger partial charge is 0.239 e. The molecule has 0 aliphatic heterocycles. The molecule has 72 valence electrons. The number of benzene rings is 1. The van der Waals surface area contributed by atoms with E-state index in [1.165, 1.54) is 12.1 Å². The molecule has 0 amide bonds. The van der Waals surface area contributed by atoms with Gasteiger partial charge < -0.3 is 5.73 Å². The van der Waals surface area contributed by atoms with E-state index < -0.39 is 10.0 Å². The number of halogens is 1. The standard InChI is InChI=1S/C7H9ClN2O2S/c1-4-2-5(8)7(3-6(4)9)13(10,11)12/h2-3H,9H2,1H3,(H2,10,11,12). The van der Waals surface area contributed by atoms with E-state index in [4.69, 9.17) is 22.5 Å². The average Bonchev–Trinajstić information content (AvgIpc) is 1.94. The molecule has 0 bridgehead atoms. The number of rotatable bonds is 1. The summed E-state index contributed by atoms with van der Waals surface area (Å²) in [5.41, 5.74) is 6.58. The summed E-state index contributed by atoms with van der Waals surface area (Å²) in [6.07, 6.45) is 0. The number of nitrogen functional groups attached to an aromatic ring is 1. The van der Waals surface area contributed by atoms with Gasteiger partial charge in [0.25, 0.3) is 0 Å². The van der Waals surface area contributed by atoms with Gasteiger partial charge >= 0.3 is 0 Å². The molecule has 4 N–H and O–H groups in total. The molecule has 6 heteroatoms. The lowest BCUT2D eigenvalue weighted by Gasteiger charge is -2.05. The number of anilines is 1. The van der Waals surface area contributed by atoms with Crippen LogP contribution in [0.25, 0.3) is 0 Å². The molecule has 4 nitrogen and oxygen atoms in total. The topological polar surface area (TPSA) is 86.2 Å². The number of primary sulfonamides is 1. The molecule has 0 saturated heterocycles. The molecule has 0 aromatic heterocycles. The van der Waals surface area contributed by atoms with Crippen LogP contribution in [0.15, 0.2) is 17.0 Å². The minimum Gasteiger partial charge on any atom is -0.398 e. The van der Waals surface area contributed by atoms with Crippen molar-refractivity contribution in [2.75, 3.05) is 5.73 Å². The molecule has 0 atom stereocenters. The van der Waals surface area contributed by atoms with E-state index in [-0.39, 0.29) is 9.92 Å². The van der Waals surface area contributed by atoms with Crippen molar-refractivity contribution >= 4 is 27.3 Å². The molecule has 1 aromatic rings. The van der Waals surface area contributed by atoms with Gasteiger partial charge in [-0.2, -0.15) is 0 Å². The Morgan fingerprint density at radius 2 is 1.92 bits per heavy atom. The highest BCUT2D eigenvalue weighted by Gasteiger charge is 2.14. The average molecular weight is 221 g/mol. The minimum atomic E-state index is -3.78. The third-order valence-corrected chi connectivity index (χ3v) is 3.00.